The summed E-state index contributed by atoms with van der Waals surface area (Å²) in [5.74, 6) is 1.39. The molecule has 3 aliphatic heterocycles. The molecule has 0 saturated carbocycles. The number of nitrogens with zero attached hydrogens (tertiary/aromatic N) is 4. The van der Waals surface area contributed by atoms with E-state index in [4.69, 9.17) is 16.6 Å². The monoisotopic (exact) mass is 324 g/mol. The van der Waals surface area contributed by atoms with Crippen LogP contribution in [0.2, 0.25) is 5.15 Å². The summed E-state index contributed by atoms with van der Waals surface area (Å²) >= 11 is 8.46. The van der Waals surface area contributed by atoms with Crippen LogP contribution in [0.25, 0.3) is 0 Å². The average molecular weight is 325 g/mol. The highest BCUT2D eigenvalue weighted by molar-refractivity contribution is 8.00. The van der Waals surface area contributed by atoms with Crippen molar-refractivity contribution in [3.05, 3.63) is 10.7 Å². The Morgan fingerprint density at radius 3 is 2.76 bits per heavy atom. The molecule has 3 aliphatic rings. The molecule has 2 saturated heterocycles. The highest BCUT2D eigenvalue weighted by Gasteiger charge is 2.40. The van der Waals surface area contributed by atoms with Gasteiger partial charge in [0.15, 0.2) is 0 Å². The number of aromatic nitrogens is 2. The van der Waals surface area contributed by atoms with Crippen molar-refractivity contribution in [3.8, 4) is 0 Å². The molecule has 0 bridgehead atoms. The average Bonchev–Trinajstić information content (AvgIpc) is 2.85. The van der Waals surface area contributed by atoms with Gasteiger partial charge < -0.3 is 9.80 Å². The predicted octanol–water partition coefficient (Wildman–Crippen LogP) is 3.01. The van der Waals surface area contributed by atoms with E-state index < -0.39 is 0 Å². The Morgan fingerprint density at radius 1 is 1.14 bits per heavy atom. The quantitative estimate of drug-likeness (QED) is 0.741. The molecular formula is C15H21ClN4S. The zero-order valence-corrected chi connectivity index (χ0v) is 14.0. The Morgan fingerprint density at radius 2 is 1.95 bits per heavy atom. The number of piperidine rings is 2. The Labute approximate surface area is 135 Å². The zero-order chi connectivity index (χ0) is 14.4. The minimum absolute atomic E-state index is 0.545. The first-order valence-corrected chi connectivity index (χ1v) is 9.16. The van der Waals surface area contributed by atoms with Crippen molar-refractivity contribution in [2.24, 2.45) is 0 Å². The number of thioether (sulfide) groups is 1. The third kappa shape index (κ3) is 2.53. The number of likely N-dealkylation sites (tertiary alicyclic amines) is 1. The maximum atomic E-state index is 6.55. The van der Waals surface area contributed by atoms with Crippen LogP contribution in [-0.2, 0) is 0 Å². The summed E-state index contributed by atoms with van der Waals surface area (Å²) < 4.78 is 0. The van der Waals surface area contributed by atoms with E-state index >= 15 is 0 Å². The van der Waals surface area contributed by atoms with E-state index in [1.807, 2.05) is 11.8 Å². The van der Waals surface area contributed by atoms with Crippen LogP contribution < -0.4 is 4.90 Å². The van der Waals surface area contributed by atoms with Gasteiger partial charge in [0.2, 0.25) is 5.95 Å². The van der Waals surface area contributed by atoms with Crippen LogP contribution in [-0.4, -0.2) is 53.3 Å². The topological polar surface area (TPSA) is 32.3 Å². The van der Waals surface area contributed by atoms with Crippen LogP contribution in [0.15, 0.2) is 5.03 Å². The van der Waals surface area contributed by atoms with E-state index in [9.17, 15) is 0 Å². The third-order valence-corrected chi connectivity index (χ3v) is 6.49. The third-order valence-electron chi connectivity index (χ3n) is 4.89. The summed E-state index contributed by atoms with van der Waals surface area (Å²) in [5, 5.41) is 2.44. The molecule has 0 N–H and O–H groups in total. The molecule has 2 atom stereocenters. The Hall–Kier alpha value is -0.520. The molecule has 0 aromatic carbocycles. The number of halogens is 1. The van der Waals surface area contributed by atoms with E-state index in [1.54, 1.807) is 0 Å². The largest absolute Gasteiger partial charge is 0.341 e. The van der Waals surface area contributed by atoms with Crippen molar-refractivity contribution in [2.45, 2.75) is 41.9 Å². The second-order valence-corrected chi connectivity index (χ2v) is 7.98. The van der Waals surface area contributed by atoms with Gasteiger partial charge in [-0.15, -0.1) is 11.8 Å². The zero-order valence-electron chi connectivity index (χ0n) is 12.4. The Bertz CT molecular complexity index is 547. The lowest BCUT2D eigenvalue weighted by Gasteiger charge is -2.31. The first kappa shape index (κ1) is 14.1. The van der Waals surface area contributed by atoms with E-state index in [1.165, 1.54) is 31.2 Å². The van der Waals surface area contributed by atoms with Crippen molar-refractivity contribution in [1.82, 2.24) is 14.9 Å². The smallest absolute Gasteiger partial charge is 0.227 e. The molecule has 21 heavy (non-hydrogen) atoms. The van der Waals surface area contributed by atoms with E-state index in [0.717, 1.165) is 37.2 Å². The lowest BCUT2D eigenvalue weighted by atomic mass is 9.91. The summed E-state index contributed by atoms with van der Waals surface area (Å²) in [6.45, 7) is 4.40. The van der Waals surface area contributed by atoms with Gasteiger partial charge in [0.05, 0.1) is 0 Å². The minimum atomic E-state index is 0.545. The van der Waals surface area contributed by atoms with E-state index in [0.29, 0.717) is 16.3 Å². The van der Waals surface area contributed by atoms with Crippen molar-refractivity contribution in [3.63, 3.8) is 0 Å². The fourth-order valence-electron chi connectivity index (χ4n) is 3.71. The van der Waals surface area contributed by atoms with Crippen LogP contribution >= 0.6 is 23.4 Å². The van der Waals surface area contributed by atoms with E-state index in [-0.39, 0.29) is 0 Å². The maximum absolute atomic E-state index is 6.55. The van der Waals surface area contributed by atoms with Crippen LogP contribution in [0, 0.1) is 0 Å². The lowest BCUT2D eigenvalue weighted by Crippen LogP contribution is -2.36. The maximum Gasteiger partial charge on any atom is 0.227 e. The van der Waals surface area contributed by atoms with Crippen molar-refractivity contribution >= 4 is 29.3 Å². The highest BCUT2D eigenvalue weighted by atomic mass is 35.5. The molecule has 0 spiro atoms. The highest BCUT2D eigenvalue weighted by Crippen LogP contribution is 2.50. The SMILES string of the molecule is CN1CCC2c3c(Cl)nc(N4CCCCC4)nc3SC2C1. The molecule has 4 heterocycles. The Kier molecular flexibility index (Phi) is 3.76. The molecule has 1 aromatic rings. The van der Waals surface area contributed by atoms with Crippen LogP contribution in [0.3, 0.4) is 0 Å². The molecule has 6 heteroatoms. The van der Waals surface area contributed by atoms with Crippen LogP contribution in [0.4, 0.5) is 5.95 Å². The molecule has 4 rings (SSSR count). The van der Waals surface area contributed by atoms with Gasteiger partial charge in [0.25, 0.3) is 0 Å². The molecule has 4 nitrogen and oxygen atoms in total. The first-order valence-electron chi connectivity index (χ1n) is 7.90. The fraction of sp³-hybridized carbons (Fsp3) is 0.733. The molecule has 2 unspecified atom stereocenters. The summed E-state index contributed by atoms with van der Waals surface area (Å²) in [6.07, 6.45) is 4.97. The van der Waals surface area contributed by atoms with Gasteiger partial charge in [-0.3, -0.25) is 0 Å². The van der Waals surface area contributed by atoms with Crippen molar-refractivity contribution in [1.29, 1.82) is 0 Å². The van der Waals surface area contributed by atoms with Gasteiger partial charge in [0.1, 0.15) is 10.2 Å². The van der Waals surface area contributed by atoms with Gasteiger partial charge in [-0.05, 0) is 39.3 Å². The predicted molar refractivity (Wildman–Crippen MR) is 87.6 cm³/mol. The second kappa shape index (κ2) is 5.60. The fourth-order valence-corrected chi connectivity index (χ4v) is 5.64. The van der Waals surface area contributed by atoms with Gasteiger partial charge in [-0.25, -0.2) is 9.97 Å². The number of fused-ring (bicyclic) bond motifs is 3. The summed E-state index contributed by atoms with van der Waals surface area (Å²) in [7, 11) is 2.20. The number of rotatable bonds is 1. The lowest BCUT2D eigenvalue weighted by molar-refractivity contribution is 0.264. The van der Waals surface area contributed by atoms with Crippen molar-refractivity contribution in [2.75, 3.05) is 38.1 Å². The Balaban J connectivity index is 1.65. The minimum Gasteiger partial charge on any atom is -0.341 e. The van der Waals surface area contributed by atoms with E-state index in [2.05, 4.69) is 21.8 Å². The molecule has 0 aliphatic carbocycles. The summed E-state index contributed by atoms with van der Waals surface area (Å²) in [5.41, 5.74) is 1.22. The van der Waals surface area contributed by atoms with Gasteiger partial charge in [-0.1, -0.05) is 11.6 Å². The standard InChI is InChI=1S/C15H21ClN4S/c1-19-8-5-10-11(9-19)21-14-12(10)13(16)17-15(18-14)20-6-3-2-4-7-20/h10-11H,2-9H2,1H3. The molecule has 2 fully saturated rings. The van der Waals surface area contributed by atoms with Crippen molar-refractivity contribution < 1.29 is 0 Å². The van der Waals surface area contributed by atoms with Gasteiger partial charge in [0, 0.05) is 36.4 Å². The molecule has 1 aromatic heterocycles. The van der Waals surface area contributed by atoms with Crippen LogP contribution in [0.5, 0.6) is 0 Å². The van der Waals surface area contributed by atoms with Gasteiger partial charge >= 0.3 is 0 Å². The first-order chi connectivity index (χ1) is 10.2. The number of hydrogen-bond donors (Lipinski definition) is 0. The van der Waals surface area contributed by atoms with Crippen LogP contribution in [0.1, 0.15) is 37.2 Å². The number of anilines is 1. The molecule has 0 radical (unpaired) electrons. The molecular weight excluding hydrogens is 304 g/mol. The molecule has 114 valence electrons. The summed E-state index contributed by atoms with van der Waals surface area (Å²) in [4.78, 5) is 14.2. The summed E-state index contributed by atoms with van der Waals surface area (Å²) in [6, 6.07) is 0. The number of hydrogen-bond acceptors (Lipinski definition) is 5. The second-order valence-electron chi connectivity index (χ2n) is 6.39. The molecule has 0 amide bonds. The normalized spacial score (nSPS) is 29.3. The van der Waals surface area contributed by atoms with Gasteiger partial charge in [-0.2, -0.15) is 0 Å².